The second-order valence-electron chi connectivity index (χ2n) is 1.29. The zero-order chi connectivity index (χ0) is 5.28. The highest BCUT2D eigenvalue weighted by atomic mass is 31.2. The number of hydrogen-bond donors (Lipinski definition) is 1. The zero-order valence-corrected chi connectivity index (χ0v) is 4.89. The van der Waals surface area contributed by atoms with Gasteiger partial charge in [0.05, 0.1) is 0 Å². The third kappa shape index (κ3) is 1.10. The number of hydrogen-bond acceptors (Lipinski definition) is 3. The van der Waals surface area contributed by atoms with Gasteiger partial charge in [0.1, 0.15) is 0 Å². The van der Waals surface area contributed by atoms with Gasteiger partial charge in [-0.3, -0.25) is 9.05 Å². The van der Waals surface area contributed by atoms with Crippen LogP contribution in [0.4, 0.5) is 0 Å². The van der Waals surface area contributed by atoms with Crippen LogP contribution < -0.4 is 0 Å². The van der Waals surface area contributed by atoms with Crippen molar-refractivity contribution in [3.63, 3.8) is 0 Å². The molecular formula is C3H7O3P. The van der Waals surface area contributed by atoms with E-state index in [4.69, 9.17) is 4.89 Å². The predicted octanol–water partition coefficient (Wildman–Crippen LogP) is 0.988. The van der Waals surface area contributed by atoms with Crippen LogP contribution in [0.15, 0.2) is 0 Å². The lowest BCUT2D eigenvalue weighted by atomic mass is 10.5. The van der Waals surface area contributed by atoms with Gasteiger partial charge in [0.25, 0.3) is 0 Å². The quantitative estimate of drug-likeness (QED) is 0.527. The van der Waals surface area contributed by atoms with Gasteiger partial charge in [-0.15, -0.1) is 0 Å². The predicted molar refractivity (Wildman–Crippen MR) is 25.4 cm³/mol. The summed E-state index contributed by atoms with van der Waals surface area (Å²) in [6, 6.07) is 0. The highest BCUT2D eigenvalue weighted by molar-refractivity contribution is 7.41. The minimum atomic E-state index is -1.46. The van der Waals surface area contributed by atoms with Crippen LogP contribution in [-0.2, 0) is 9.05 Å². The van der Waals surface area contributed by atoms with Crippen molar-refractivity contribution in [3.05, 3.63) is 0 Å². The molecule has 1 aliphatic rings. The average Bonchev–Trinajstić information content (AvgIpc) is 1.58. The van der Waals surface area contributed by atoms with Crippen LogP contribution >= 0.6 is 8.60 Å². The molecule has 0 aliphatic carbocycles. The molecule has 0 aromatic carbocycles. The van der Waals surface area contributed by atoms with Crippen molar-refractivity contribution in [1.29, 1.82) is 0 Å². The normalized spacial score (nSPS) is 40.3. The van der Waals surface area contributed by atoms with E-state index in [1.807, 2.05) is 6.92 Å². The first-order chi connectivity index (χ1) is 3.33. The Balaban J connectivity index is 2.06. The first-order valence-electron chi connectivity index (χ1n) is 2.15. The summed E-state index contributed by atoms with van der Waals surface area (Å²) in [4.78, 5) is 8.37. The van der Waals surface area contributed by atoms with Gasteiger partial charge >= 0.3 is 8.60 Å². The monoisotopic (exact) mass is 122 g/mol. The third-order valence-corrected chi connectivity index (χ3v) is 1.58. The zero-order valence-electron chi connectivity index (χ0n) is 4.00. The molecule has 0 saturated carbocycles. The molecule has 1 fully saturated rings. The molecule has 0 amide bonds. The van der Waals surface area contributed by atoms with Gasteiger partial charge in [0.15, 0.2) is 6.29 Å². The molecule has 1 aliphatic heterocycles. The molecule has 0 unspecified atom stereocenters. The van der Waals surface area contributed by atoms with E-state index in [1.165, 1.54) is 0 Å². The van der Waals surface area contributed by atoms with Gasteiger partial charge < -0.3 is 4.89 Å². The Kier molecular flexibility index (Phi) is 1.60. The summed E-state index contributed by atoms with van der Waals surface area (Å²) in [6.45, 7) is 1.94. The first-order valence-corrected chi connectivity index (χ1v) is 3.28. The van der Waals surface area contributed by atoms with Gasteiger partial charge in [-0.1, -0.05) is 6.92 Å². The van der Waals surface area contributed by atoms with Crippen molar-refractivity contribution >= 4 is 8.60 Å². The summed E-state index contributed by atoms with van der Waals surface area (Å²) in [5.74, 6) is 0. The fourth-order valence-corrected chi connectivity index (χ4v) is 1.07. The van der Waals surface area contributed by atoms with E-state index in [0.29, 0.717) is 0 Å². The fourth-order valence-electron chi connectivity index (χ4n) is 0.358. The molecule has 0 aromatic heterocycles. The van der Waals surface area contributed by atoms with Crippen LogP contribution in [0, 0.1) is 0 Å². The Morgan fingerprint density at radius 1 is 1.71 bits per heavy atom. The summed E-state index contributed by atoms with van der Waals surface area (Å²) in [5, 5.41) is 0. The van der Waals surface area contributed by atoms with Crippen molar-refractivity contribution in [1.82, 2.24) is 0 Å². The van der Waals surface area contributed by atoms with Crippen LogP contribution in [0.5, 0.6) is 0 Å². The van der Waals surface area contributed by atoms with Gasteiger partial charge in [-0.05, 0) is 6.42 Å². The van der Waals surface area contributed by atoms with Crippen molar-refractivity contribution in [2.45, 2.75) is 19.6 Å². The summed E-state index contributed by atoms with van der Waals surface area (Å²) >= 11 is 0. The van der Waals surface area contributed by atoms with E-state index >= 15 is 0 Å². The Bertz CT molecular complexity index is 61.2. The molecule has 1 rings (SSSR count). The SMILES string of the molecule is CCC1OP(O)O1. The van der Waals surface area contributed by atoms with E-state index in [0.717, 1.165) is 6.42 Å². The Hall–Kier alpha value is 0.310. The average molecular weight is 122 g/mol. The van der Waals surface area contributed by atoms with Crippen LogP contribution in [0.2, 0.25) is 0 Å². The van der Waals surface area contributed by atoms with E-state index < -0.39 is 8.60 Å². The largest absolute Gasteiger partial charge is 0.334 e. The van der Waals surface area contributed by atoms with Crippen molar-refractivity contribution in [3.8, 4) is 0 Å². The van der Waals surface area contributed by atoms with Gasteiger partial charge in [0.2, 0.25) is 0 Å². The lowest BCUT2D eigenvalue weighted by Gasteiger charge is -2.28. The van der Waals surface area contributed by atoms with Gasteiger partial charge in [-0.25, -0.2) is 0 Å². The summed E-state index contributed by atoms with van der Waals surface area (Å²) < 4.78 is 9.37. The molecule has 42 valence electrons. The summed E-state index contributed by atoms with van der Waals surface area (Å²) in [6.07, 6.45) is 0.690. The van der Waals surface area contributed by atoms with Crippen LogP contribution in [-0.4, -0.2) is 11.2 Å². The van der Waals surface area contributed by atoms with Crippen LogP contribution in [0.3, 0.4) is 0 Å². The second kappa shape index (κ2) is 2.05. The van der Waals surface area contributed by atoms with E-state index in [9.17, 15) is 0 Å². The maximum Gasteiger partial charge on any atom is 0.334 e. The lowest BCUT2D eigenvalue weighted by molar-refractivity contribution is -0.0934. The molecule has 7 heavy (non-hydrogen) atoms. The summed E-state index contributed by atoms with van der Waals surface area (Å²) in [5.41, 5.74) is 0. The Morgan fingerprint density at radius 3 is 2.43 bits per heavy atom. The van der Waals surface area contributed by atoms with Gasteiger partial charge in [-0.2, -0.15) is 0 Å². The molecule has 4 heteroatoms. The molecule has 0 bridgehead atoms. The molecule has 1 saturated heterocycles. The molecular weight excluding hydrogens is 115 g/mol. The second-order valence-corrected chi connectivity index (χ2v) is 2.18. The van der Waals surface area contributed by atoms with Gasteiger partial charge in [0, 0.05) is 0 Å². The standard InChI is InChI=1S/C3H7O3P/c1-2-3-5-7(4)6-3/h3-4H,2H2,1H3. The molecule has 1 N–H and O–H groups in total. The minimum absolute atomic E-state index is 0.129. The number of rotatable bonds is 1. The van der Waals surface area contributed by atoms with Crippen LogP contribution in [0.25, 0.3) is 0 Å². The van der Waals surface area contributed by atoms with Crippen molar-refractivity contribution in [2.24, 2.45) is 0 Å². The summed E-state index contributed by atoms with van der Waals surface area (Å²) in [7, 11) is -1.46. The van der Waals surface area contributed by atoms with Crippen LogP contribution in [0.1, 0.15) is 13.3 Å². The molecule has 0 radical (unpaired) electrons. The smallest absolute Gasteiger partial charge is 0.328 e. The maximum absolute atomic E-state index is 8.37. The molecule has 0 spiro atoms. The van der Waals surface area contributed by atoms with Crippen molar-refractivity contribution < 1.29 is 13.9 Å². The molecule has 3 nitrogen and oxygen atoms in total. The maximum atomic E-state index is 8.37. The highest BCUT2D eigenvalue weighted by Crippen LogP contribution is 2.47. The van der Waals surface area contributed by atoms with E-state index in [-0.39, 0.29) is 6.29 Å². The minimum Gasteiger partial charge on any atom is -0.328 e. The topological polar surface area (TPSA) is 38.7 Å². The molecule has 0 aromatic rings. The lowest BCUT2D eigenvalue weighted by Crippen LogP contribution is -2.20. The third-order valence-electron chi connectivity index (χ3n) is 0.749. The molecule has 0 atom stereocenters. The van der Waals surface area contributed by atoms with E-state index in [2.05, 4.69) is 9.05 Å². The fraction of sp³-hybridized carbons (Fsp3) is 1.00. The van der Waals surface area contributed by atoms with Crippen molar-refractivity contribution in [2.75, 3.05) is 0 Å². The first kappa shape index (κ1) is 5.45. The van der Waals surface area contributed by atoms with E-state index in [1.54, 1.807) is 0 Å². The molecule has 1 heterocycles. The Labute approximate surface area is 43.2 Å². The highest BCUT2D eigenvalue weighted by Gasteiger charge is 2.28. The Morgan fingerprint density at radius 2 is 2.29 bits per heavy atom.